The van der Waals surface area contributed by atoms with E-state index in [1.807, 2.05) is 13.8 Å². The molecule has 0 radical (unpaired) electrons. The summed E-state index contributed by atoms with van der Waals surface area (Å²) in [7, 11) is 1.62. The Bertz CT molecular complexity index is 397. The Morgan fingerprint density at radius 2 is 2.00 bits per heavy atom. The van der Waals surface area contributed by atoms with Crippen LogP contribution in [-0.4, -0.2) is 61.8 Å². The first-order valence-corrected chi connectivity index (χ1v) is 7.74. The van der Waals surface area contributed by atoms with Crippen LogP contribution in [0.5, 0.6) is 0 Å². The van der Waals surface area contributed by atoms with E-state index in [4.69, 9.17) is 9.47 Å². The van der Waals surface area contributed by atoms with Gasteiger partial charge in [0.2, 0.25) is 11.8 Å². The molecule has 0 bridgehead atoms. The summed E-state index contributed by atoms with van der Waals surface area (Å²) < 4.78 is 10.4. The minimum atomic E-state index is -0.715. The number of carbonyl (C=O) groups is 2. The molecule has 0 spiro atoms. The van der Waals surface area contributed by atoms with E-state index in [0.717, 1.165) is 12.8 Å². The molecule has 2 amide bonds. The van der Waals surface area contributed by atoms with Crippen LogP contribution in [0.15, 0.2) is 0 Å². The lowest BCUT2D eigenvalue weighted by molar-refractivity contribution is -0.159. The highest BCUT2D eigenvalue weighted by atomic mass is 16.5. The zero-order valence-corrected chi connectivity index (χ0v) is 13.2. The van der Waals surface area contributed by atoms with Gasteiger partial charge in [-0.2, -0.15) is 0 Å². The van der Waals surface area contributed by atoms with Crippen LogP contribution in [0.2, 0.25) is 0 Å². The van der Waals surface area contributed by atoms with Gasteiger partial charge in [-0.25, -0.2) is 0 Å². The minimum absolute atomic E-state index is 0.0156. The molecule has 2 atom stereocenters. The number of carbonyl (C=O) groups excluding carboxylic acids is 2. The van der Waals surface area contributed by atoms with Crippen LogP contribution in [0.1, 0.15) is 33.1 Å². The van der Waals surface area contributed by atoms with E-state index in [0.29, 0.717) is 32.8 Å². The number of nitrogens with zero attached hydrogens (tertiary/aromatic N) is 1. The zero-order valence-electron chi connectivity index (χ0n) is 13.2. The van der Waals surface area contributed by atoms with Gasteiger partial charge in [-0.3, -0.25) is 9.59 Å². The molecule has 1 saturated heterocycles. The number of methoxy groups -OCH3 is 1. The number of rotatable bonds is 8. The molecule has 2 fully saturated rings. The monoisotopic (exact) mass is 298 g/mol. The second-order valence-electron chi connectivity index (χ2n) is 5.95. The molecule has 1 saturated carbocycles. The lowest BCUT2D eigenvalue weighted by Crippen LogP contribution is -2.70. The van der Waals surface area contributed by atoms with Crippen molar-refractivity contribution in [3.8, 4) is 0 Å². The molecule has 0 aromatic carbocycles. The van der Waals surface area contributed by atoms with Crippen LogP contribution in [0.25, 0.3) is 0 Å². The van der Waals surface area contributed by atoms with Crippen LogP contribution in [0.3, 0.4) is 0 Å². The first-order chi connectivity index (χ1) is 10.1. The molecule has 2 unspecified atom stereocenters. The SMILES string of the molecule is CCC1NC(=O)C(C)(C2CC2)N(CCOCCOC)C1=O. The predicted octanol–water partition coefficient (Wildman–Crippen LogP) is 0.555. The number of hydrogen-bond donors (Lipinski definition) is 1. The highest BCUT2D eigenvalue weighted by Gasteiger charge is 2.56. The van der Waals surface area contributed by atoms with Crippen molar-refractivity contribution in [3.05, 3.63) is 0 Å². The fourth-order valence-corrected chi connectivity index (χ4v) is 2.98. The summed E-state index contributed by atoms with van der Waals surface area (Å²) in [6.07, 6.45) is 2.64. The Morgan fingerprint density at radius 3 is 2.57 bits per heavy atom. The van der Waals surface area contributed by atoms with Crippen LogP contribution in [0, 0.1) is 5.92 Å². The summed E-state index contributed by atoms with van der Waals surface area (Å²) in [5.74, 6) is 0.272. The van der Waals surface area contributed by atoms with Gasteiger partial charge in [0.1, 0.15) is 11.6 Å². The van der Waals surface area contributed by atoms with Crippen molar-refractivity contribution in [2.75, 3.05) is 33.5 Å². The Balaban J connectivity index is 2.03. The third-order valence-electron chi connectivity index (χ3n) is 4.56. The van der Waals surface area contributed by atoms with E-state index in [2.05, 4.69) is 5.32 Å². The summed E-state index contributed by atoms with van der Waals surface area (Å²) in [5.41, 5.74) is -0.715. The second kappa shape index (κ2) is 6.75. The molecule has 6 heteroatoms. The van der Waals surface area contributed by atoms with Crippen molar-refractivity contribution in [2.24, 2.45) is 5.92 Å². The highest BCUT2D eigenvalue weighted by Crippen LogP contribution is 2.44. The van der Waals surface area contributed by atoms with E-state index in [1.165, 1.54) is 0 Å². The molecule has 2 rings (SSSR count). The van der Waals surface area contributed by atoms with Gasteiger partial charge < -0.3 is 19.7 Å². The summed E-state index contributed by atoms with van der Waals surface area (Å²) in [5, 5.41) is 2.88. The van der Waals surface area contributed by atoms with Gasteiger partial charge in [-0.1, -0.05) is 6.92 Å². The molecule has 1 N–H and O–H groups in total. The highest BCUT2D eigenvalue weighted by molar-refractivity contribution is 6.00. The number of ether oxygens (including phenoxy) is 2. The van der Waals surface area contributed by atoms with Crippen LogP contribution >= 0.6 is 0 Å². The maximum absolute atomic E-state index is 12.6. The summed E-state index contributed by atoms with van der Waals surface area (Å²) in [4.78, 5) is 26.8. The summed E-state index contributed by atoms with van der Waals surface area (Å²) in [6.45, 7) is 5.73. The van der Waals surface area contributed by atoms with Gasteiger partial charge in [-0.05, 0) is 32.1 Å². The fourth-order valence-electron chi connectivity index (χ4n) is 2.98. The van der Waals surface area contributed by atoms with Crippen LogP contribution < -0.4 is 5.32 Å². The van der Waals surface area contributed by atoms with Gasteiger partial charge in [0.15, 0.2) is 0 Å². The number of amides is 2. The Hall–Kier alpha value is -1.14. The van der Waals surface area contributed by atoms with E-state index < -0.39 is 11.6 Å². The van der Waals surface area contributed by atoms with Crippen molar-refractivity contribution in [1.82, 2.24) is 10.2 Å². The number of hydrogen-bond acceptors (Lipinski definition) is 4. The zero-order chi connectivity index (χ0) is 15.5. The first kappa shape index (κ1) is 16.2. The smallest absolute Gasteiger partial charge is 0.246 e. The van der Waals surface area contributed by atoms with Gasteiger partial charge >= 0.3 is 0 Å². The molecule has 1 heterocycles. The number of nitrogens with one attached hydrogen (secondary N) is 1. The van der Waals surface area contributed by atoms with E-state index >= 15 is 0 Å². The summed E-state index contributed by atoms with van der Waals surface area (Å²) >= 11 is 0. The first-order valence-electron chi connectivity index (χ1n) is 7.74. The third kappa shape index (κ3) is 3.21. The lowest BCUT2D eigenvalue weighted by atomic mass is 9.87. The van der Waals surface area contributed by atoms with Gasteiger partial charge in [0.25, 0.3) is 0 Å². The largest absolute Gasteiger partial charge is 0.382 e. The third-order valence-corrected chi connectivity index (χ3v) is 4.56. The number of piperazine rings is 1. The molecule has 0 aromatic rings. The maximum Gasteiger partial charge on any atom is 0.246 e. The quantitative estimate of drug-likeness (QED) is 0.665. The van der Waals surface area contributed by atoms with Crippen molar-refractivity contribution in [2.45, 2.75) is 44.7 Å². The van der Waals surface area contributed by atoms with Crippen LogP contribution in [-0.2, 0) is 19.1 Å². The summed E-state index contributed by atoms with van der Waals surface area (Å²) in [6, 6.07) is -0.400. The molecule has 21 heavy (non-hydrogen) atoms. The van der Waals surface area contributed by atoms with Gasteiger partial charge in [0.05, 0.1) is 19.8 Å². The predicted molar refractivity (Wildman–Crippen MR) is 77.8 cm³/mol. The topological polar surface area (TPSA) is 67.9 Å². The Labute approximate surface area is 126 Å². The lowest BCUT2D eigenvalue weighted by Gasteiger charge is -2.46. The van der Waals surface area contributed by atoms with Gasteiger partial charge in [0, 0.05) is 13.7 Å². The molecule has 1 aliphatic carbocycles. The second-order valence-corrected chi connectivity index (χ2v) is 5.95. The average molecular weight is 298 g/mol. The van der Waals surface area contributed by atoms with Crippen molar-refractivity contribution < 1.29 is 19.1 Å². The molecular formula is C15H26N2O4. The molecular weight excluding hydrogens is 272 g/mol. The van der Waals surface area contributed by atoms with Crippen molar-refractivity contribution in [3.63, 3.8) is 0 Å². The normalized spacial score (nSPS) is 29.7. The fraction of sp³-hybridized carbons (Fsp3) is 0.867. The van der Waals surface area contributed by atoms with Gasteiger partial charge in [-0.15, -0.1) is 0 Å². The molecule has 2 aliphatic rings. The Morgan fingerprint density at radius 1 is 1.29 bits per heavy atom. The van der Waals surface area contributed by atoms with Crippen molar-refractivity contribution in [1.29, 1.82) is 0 Å². The standard InChI is InChI=1S/C15H26N2O4/c1-4-12-13(18)17(7-8-21-10-9-20-3)15(2,11-5-6-11)14(19)16-12/h11-12H,4-10H2,1-3H3,(H,16,19). The molecule has 0 aromatic heterocycles. The van der Waals surface area contributed by atoms with E-state index in [9.17, 15) is 9.59 Å². The van der Waals surface area contributed by atoms with E-state index in [-0.39, 0.29) is 17.7 Å². The van der Waals surface area contributed by atoms with Crippen LogP contribution in [0.4, 0.5) is 0 Å². The Kier molecular flexibility index (Phi) is 5.22. The average Bonchev–Trinajstić information content (AvgIpc) is 3.30. The van der Waals surface area contributed by atoms with Crippen molar-refractivity contribution >= 4 is 11.8 Å². The minimum Gasteiger partial charge on any atom is -0.382 e. The van der Waals surface area contributed by atoms with E-state index in [1.54, 1.807) is 12.0 Å². The molecule has 120 valence electrons. The molecule has 6 nitrogen and oxygen atoms in total. The maximum atomic E-state index is 12.6. The molecule has 1 aliphatic heterocycles.